The number of aromatic nitrogens is 3. The molecule has 0 bridgehead atoms. The van der Waals surface area contributed by atoms with Crippen LogP contribution in [-0.4, -0.2) is 26.1 Å². The quantitative estimate of drug-likeness (QED) is 0.918. The number of thioether (sulfide) groups is 1. The maximum atomic E-state index is 4.54. The molecule has 1 unspecified atom stereocenters. The third-order valence-corrected chi connectivity index (χ3v) is 4.66. The van der Waals surface area contributed by atoms with E-state index in [1.165, 1.54) is 10.5 Å². The Labute approximate surface area is 124 Å². The highest BCUT2D eigenvalue weighted by Crippen LogP contribution is 2.37. The van der Waals surface area contributed by atoms with E-state index in [9.17, 15) is 0 Å². The Bertz CT molecular complexity index is 554. The molecule has 3 rings (SSSR count). The minimum absolute atomic E-state index is 0.460. The maximum absolute atomic E-state index is 4.54. The summed E-state index contributed by atoms with van der Waals surface area (Å²) in [5.74, 6) is 0.874. The second-order valence-corrected chi connectivity index (χ2v) is 6.81. The summed E-state index contributed by atoms with van der Waals surface area (Å²) in [5.41, 5.74) is 1.46. The van der Waals surface area contributed by atoms with Gasteiger partial charge in [0, 0.05) is 16.2 Å². The monoisotopic (exact) mass is 288 g/mol. The lowest BCUT2D eigenvalue weighted by Gasteiger charge is -2.07. The highest BCUT2D eigenvalue weighted by atomic mass is 32.2. The van der Waals surface area contributed by atoms with E-state index in [0.29, 0.717) is 11.3 Å². The van der Waals surface area contributed by atoms with Gasteiger partial charge in [0.05, 0.1) is 13.1 Å². The molecular formula is C15H20N4S. The molecule has 0 aliphatic carbocycles. The van der Waals surface area contributed by atoms with E-state index >= 15 is 0 Å². The summed E-state index contributed by atoms with van der Waals surface area (Å²) in [7, 11) is 0. The lowest BCUT2D eigenvalue weighted by Crippen LogP contribution is -2.22. The van der Waals surface area contributed by atoms with Gasteiger partial charge in [-0.05, 0) is 18.1 Å². The van der Waals surface area contributed by atoms with Crippen LogP contribution < -0.4 is 5.32 Å². The van der Waals surface area contributed by atoms with Crippen molar-refractivity contribution in [1.82, 2.24) is 20.1 Å². The van der Waals surface area contributed by atoms with Crippen molar-refractivity contribution in [3.8, 4) is 0 Å². The smallest absolute Gasteiger partial charge is 0.164 e. The van der Waals surface area contributed by atoms with Gasteiger partial charge in [-0.15, -0.1) is 11.8 Å². The molecule has 20 heavy (non-hydrogen) atoms. The van der Waals surface area contributed by atoms with E-state index in [1.54, 1.807) is 0 Å². The highest BCUT2D eigenvalue weighted by Gasteiger charge is 2.22. The zero-order chi connectivity index (χ0) is 13.9. The molecule has 5 heteroatoms. The van der Waals surface area contributed by atoms with Crippen LogP contribution in [0.15, 0.2) is 35.5 Å². The summed E-state index contributed by atoms with van der Waals surface area (Å²) < 4.78 is 1.97. The van der Waals surface area contributed by atoms with Crippen molar-refractivity contribution in [3.05, 3.63) is 42.0 Å². The van der Waals surface area contributed by atoms with Crippen molar-refractivity contribution in [2.45, 2.75) is 49.5 Å². The molecule has 1 atom stereocenters. The first-order chi connectivity index (χ1) is 9.70. The van der Waals surface area contributed by atoms with E-state index in [2.05, 4.69) is 53.5 Å². The molecule has 0 saturated carbocycles. The standard InChI is InChI=1S/C15H20N4S/c1-11(2)16-8-15-17-10-19(18-15)9-13-7-12-5-3-4-6-14(12)20-13/h3-6,10-11,13,16H,7-9H2,1-2H3. The molecule has 0 saturated heterocycles. The van der Waals surface area contributed by atoms with Crippen LogP contribution in [0.5, 0.6) is 0 Å². The van der Waals surface area contributed by atoms with E-state index < -0.39 is 0 Å². The molecule has 1 aromatic carbocycles. The van der Waals surface area contributed by atoms with Crippen LogP contribution in [0.2, 0.25) is 0 Å². The zero-order valence-electron chi connectivity index (χ0n) is 11.9. The van der Waals surface area contributed by atoms with Gasteiger partial charge in [-0.1, -0.05) is 32.0 Å². The molecule has 2 heterocycles. The van der Waals surface area contributed by atoms with Crippen molar-refractivity contribution >= 4 is 11.8 Å². The molecule has 1 aliphatic rings. The SMILES string of the molecule is CC(C)NCc1ncn(CC2Cc3ccccc3S2)n1. The highest BCUT2D eigenvalue weighted by molar-refractivity contribution is 8.00. The lowest BCUT2D eigenvalue weighted by molar-refractivity contribution is 0.551. The Balaban J connectivity index is 1.57. The van der Waals surface area contributed by atoms with Crippen LogP contribution in [0, 0.1) is 0 Å². The van der Waals surface area contributed by atoms with Crippen LogP contribution in [0.3, 0.4) is 0 Å². The van der Waals surface area contributed by atoms with Crippen molar-refractivity contribution in [1.29, 1.82) is 0 Å². The number of rotatable bonds is 5. The Kier molecular flexibility index (Phi) is 4.08. The molecule has 2 aromatic rings. The molecular weight excluding hydrogens is 268 g/mol. The molecule has 106 valence electrons. The van der Waals surface area contributed by atoms with Crippen LogP contribution in [0.25, 0.3) is 0 Å². The Morgan fingerprint density at radius 3 is 3.05 bits per heavy atom. The predicted molar refractivity (Wildman–Crippen MR) is 81.8 cm³/mol. The fourth-order valence-electron chi connectivity index (χ4n) is 2.36. The second-order valence-electron chi connectivity index (χ2n) is 5.47. The molecule has 1 aromatic heterocycles. The molecule has 0 spiro atoms. The minimum Gasteiger partial charge on any atom is -0.308 e. The summed E-state index contributed by atoms with van der Waals surface area (Å²) in [4.78, 5) is 5.78. The summed E-state index contributed by atoms with van der Waals surface area (Å²) in [6.07, 6.45) is 2.97. The average molecular weight is 288 g/mol. The largest absolute Gasteiger partial charge is 0.308 e. The lowest BCUT2D eigenvalue weighted by atomic mass is 10.1. The summed E-state index contributed by atoms with van der Waals surface area (Å²) >= 11 is 1.95. The van der Waals surface area contributed by atoms with Crippen molar-refractivity contribution < 1.29 is 0 Å². The topological polar surface area (TPSA) is 42.7 Å². The van der Waals surface area contributed by atoms with E-state index in [0.717, 1.165) is 25.3 Å². The fourth-order valence-corrected chi connectivity index (χ4v) is 3.67. The van der Waals surface area contributed by atoms with Gasteiger partial charge in [-0.3, -0.25) is 4.68 Å². The third-order valence-electron chi connectivity index (χ3n) is 3.36. The second kappa shape index (κ2) is 5.97. The number of hydrogen-bond donors (Lipinski definition) is 1. The Morgan fingerprint density at radius 1 is 1.40 bits per heavy atom. The summed E-state index contributed by atoms with van der Waals surface area (Å²) in [6, 6.07) is 9.12. The summed E-state index contributed by atoms with van der Waals surface area (Å²) in [5, 5.41) is 8.45. The van der Waals surface area contributed by atoms with Crippen LogP contribution in [-0.2, 0) is 19.5 Å². The minimum atomic E-state index is 0.460. The van der Waals surface area contributed by atoms with E-state index in [-0.39, 0.29) is 0 Å². The van der Waals surface area contributed by atoms with Crippen molar-refractivity contribution in [2.75, 3.05) is 0 Å². The van der Waals surface area contributed by atoms with Gasteiger partial charge >= 0.3 is 0 Å². The van der Waals surface area contributed by atoms with Gasteiger partial charge in [0.25, 0.3) is 0 Å². The molecule has 0 radical (unpaired) electrons. The molecule has 0 fully saturated rings. The maximum Gasteiger partial charge on any atom is 0.164 e. The fraction of sp³-hybridized carbons (Fsp3) is 0.467. The van der Waals surface area contributed by atoms with Crippen LogP contribution in [0.4, 0.5) is 0 Å². The first-order valence-electron chi connectivity index (χ1n) is 7.07. The number of hydrogen-bond acceptors (Lipinski definition) is 4. The first kappa shape index (κ1) is 13.6. The van der Waals surface area contributed by atoms with Crippen LogP contribution in [0.1, 0.15) is 25.2 Å². The molecule has 1 aliphatic heterocycles. The van der Waals surface area contributed by atoms with Crippen LogP contribution >= 0.6 is 11.8 Å². The number of fused-ring (bicyclic) bond motifs is 1. The predicted octanol–water partition coefficient (Wildman–Crippen LogP) is 2.49. The van der Waals surface area contributed by atoms with Gasteiger partial charge in [0.1, 0.15) is 6.33 Å². The number of nitrogens with one attached hydrogen (secondary N) is 1. The molecule has 0 amide bonds. The normalized spacial score (nSPS) is 17.6. The number of benzene rings is 1. The first-order valence-corrected chi connectivity index (χ1v) is 7.95. The van der Waals surface area contributed by atoms with Gasteiger partial charge in [-0.25, -0.2) is 4.98 Å². The molecule has 4 nitrogen and oxygen atoms in total. The average Bonchev–Trinajstić information content (AvgIpc) is 3.02. The zero-order valence-corrected chi connectivity index (χ0v) is 12.7. The number of nitrogens with zero attached hydrogens (tertiary/aromatic N) is 3. The van der Waals surface area contributed by atoms with Crippen molar-refractivity contribution in [3.63, 3.8) is 0 Å². The van der Waals surface area contributed by atoms with E-state index in [4.69, 9.17) is 0 Å². The summed E-state index contributed by atoms with van der Waals surface area (Å²) in [6.45, 7) is 5.92. The van der Waals surface area contributed by atoms with Gasteiger partial charge < -0.3 is 5.32 Å². The van der Waals surface area contributed by atoms with Gasteiger partial charge in [0.15, 0.2) is 5.82 Å². The Morgan fingerprint density at radius 2 is 2.25 bits per heavy atom. The Hall–Kier alpha value is -1.33. The van der Waals surface area contributed by atoms with Gasteiger partial charge in [-0.2, -0.15) is 5.10 Å². The van der Waals surface area contributed by atoms with Gasteiger partial charge in [0.2, 0.25) is 0 Å². The molecule has 1 N–H and O–H groups in total. The third kappa shape index (κ3) is 3.22. The van der Waals surface area contributed by atoms with E-state index in [1.807, 2.05) is 22.8 Å². The van der Waals surface area contributed by atoms with Crippen molar-refractivity contribution in [2.24, 2.45) is 0 Å².